The Bertz CT molecular complexity index is 921. The lowest BCUT2D eigenvalue weighted by atomic mass is 10.1. The second kappa shape index (κ2) is 6.48. The van der Waals surface area contributed by atoms with Crippen LogP contribution in [0.5, 0.6) is 0 Å². The molecule has 8 heteroatoms. The molecule has 0 fully saturated rings. The molecule has 0 amide bonds. The summed E-state index contributed by atoms with van der Waals surface area (Å²) in [6.07, 6.45) is 3.39. The summed E-state index contributed by atoms with van der Waals surface area (Å²) in [6, 6.07) is 9.63. The molecule has 24 heavy (non-hydrogen) atoms. The molecule has 0 saturated carbocycles. The summed E-state index contributed by atoms with van der Waals surface area (Å²) in [7, 11) is -3.79. The van der Waals surface area contributed by atoms with Gasteiger partial charge in [-0.05, 0) is 25.0 Å². The summed E-state index contributed by atoms with van der Waals surface area (Å²) in [5.41, 5.74) is 1.80. The third-order valence-corrected chi connectivity index (χ3v) is 5.37. The molecule has 7 nitrogen and oxygen atoms in total. The van der Waals surface area contributed by atoms with Crippen LogP contribution >= 0.6 is 0 Å². The van der Waals surface area contributed by atoms with Crippen molar-refractivity contribution in [3.05, 3.63) is 65.6 Å². The fraction of sp³-hybridized carbons (Fsp3) is 0.250. The van der Waals surface area contributed by atoms with E-state index >= 15 is 0 Å². The Labute approximate surface area is 139 Å². The first-order chi connectivity index (χ1) is 11.5. The van der Waals surface area contributed by atoms with Crippen LogP contribution in [0.25, 0.3) is 0 Å². The van der Waals surface area contributed by atoms with Gasteiger partial charge in [-0.25, -0.2) is 18.4 Å². The van der Waals surface area contributed by atoms with E-state index in [2.05, 4.69) is 20.1 Å². The molecule has 124 valence electrons. The largest absolute Gasteiger partial charge is 0.338 e. The highest BCUT2D eigenvalue weighted by molar-refractivity contribution is 7.91. The molecule has 0 saturated heterocycles. The van der Waals surface area contributed by atoms with Crippen LogP contribution in [0, 0.1) is 6.92 Å². The van der Waals surface area contributed by atoms with Gasteiger partial charge in [0, 0.05) is 18.8 Å². The van der Waals surface area contributed by atoms with Gasteiger partial charge in [0.1, 0.15) is 5.25 Å². The Morgan fingerprint density at radius 1 is 1.12 bits per heavy atom. The van der Waals surface area contributed by atoms with Crippen LogP contribution in [0.3, 0.4) is 0 Å². The Kier molecular flexibility index (Phi) is 4.39. The highest BCUT2D eigenvalue weighted by Crippen LogP contribution is 2.25. The average Bonchev–Trinajstić information content (AvgIpc) is 3.04. The fourth-order valence-electron chi connectivity index (χ4n) is 2.10. The lowest BCUT2D eigenvalue weighted by Crippen LogP contribution is -2.14. The Hall–Kier alpha value is -2.61. The highest BCUT2D eigenvalue weighted by Gasteiger charge is 2.32. The van der Waals surface area contributed by atoms with E-state index in [-0.39, 0.29) is 11.0 Å². The van der Waals surface area contributed by atoms with Crippen molar-refractivity contribution in [1.29, 1.82) is 0 Å². The third-order valence-electron chi connectivity index (χ3n) is 3.51. The number of nitrogens with zero attached hydrogens (tertiary/aromatic N) is 4. The van der Waals surface area contributed by atoms with Crippen molar-refractivity contribution in [2.45, 2.75) is 30.7 Å². The first-order valence-corrected chi connectivity index (χ1v) is 8.90. The molecule has 3 aromatic rings. The van der Waals surface area contributed by atoms with Gasteiger partial charge in [-0.1, -0.05) is 35.5 Å². The smallest absolute Gasteiger partial charge is 0.247 e. The maximum absolute atomic E-state index is 12.6. The zero-order valence-corrected chi connectivity index (χ0v) is 14.1. The normalized spacial score (nSPS) is 12.9. The van der Waals surface area contributed by atoms with Crippen LogP contribution in [-0.2, 0) is 16.3 Å². The summed E-state index contributed by atoms with van der Waals surface area (Å²) < 4.78 is 30.3. The second-order valence-corrected chi connectivity index (χ2v) is 7.60. The van der Waals surface area contributed by atoms with Crippen molar-refractivity contribution in [2.75, 3.05) is 0 Å². The van der Waals surface area contributed by atoms with E-state index in [4.69, 9.17) is 4.52 Å². The monoisotopic (exact) mass is 344 g/mol. The van der Waals surface area contributed by atoms with Crippen molar-refractivity contribution < 1.29 is 12.9 Å². The molecule has 0 aliphatic rings. The molecule has 1 atom stereocenters. The van der Waals surface area contributed by atoms with E-state index in [1.54, 1.807) is 6.92 Å². The van der Waals surface area contributed by atoms with Gasteiger partial charge >= 0.3 is 0 Å². The summed E-state index contributed by atoms with van der Waals surface area (Å²) in [6.45, 7) is 3.27. The third kappa shape index (κ3) is 3.33. The topological polar surface area (TPSA) is 98.8 Å². The molecular formula is C16H16N4O3S. The molecule has 0 spiro atoms. The number of aromatic nitrogens is 4. The lowest BCUT2D eigenvalue weighted by molar-refractivity contribution is 0.371. The van der Waals surface area contributed by atoms with Gasteiger partial charge in [-0.15, -0.1) is 0 Å². The number of rotatable bonds is 5. The van der Waals surface area contributed by atoms with Gasteiger partial charge in [-0.3, -0.25) is 0 Å². The Morgan fingerprint density at radius 3 is 2.46 bits per heavy atom. The molecule has 2 heterocycles. The summed E-state index contributed by atoms with van der Waals surface area (Å²) >= 11 is 0. The van der Waals surface area contributed by atoms with Crippen LogP contribution in [0.2, 0.25) is 0 Å². The van der Waals surface area contributed by atoms with Crippen molar-refractivity contribution in [2.24, 2.45) is 0 Å². The SMILES string of the molecule is Cc1cnc(S(=O)(=O)[C@H](C)c2nc(Cc3ccccc3)no2)nc1. The zero-order valence-electron chi connectivity index (χ0n) is 13.2. The predicted molar refractivity (Wildman–Crippen MR) is 85.9 cm³/mol. The van der Waals surface area contributed by atoms with Gasteiger partial charge in [0.25, 0.3) is 0 Å². The van der Waals surface area contributed by atoms with Gasteiger partial charge in [0.2, 0.25) is 20.9 Å². The molecule has 3 rings (SSSR count). The van der Waals surface area contributed by atoms with Gasteiger partial charge in [0.05, 0.1) is 0 Å². The Balaban J connectivity index is 1.82. The van der Waals surface area contributed by atoms with E-state index in [0.29, 0.717) is 12.2 Å². The molecule has 0 N–H and O–H groups in total. The first-order valence-electron chi connectivity index (χ1n) is 7.36. The minimum absolute atomic E-state index is 0.0325. The minimum Gasteiger partial charge on any atom is -0.338 e. The maximum atomic E-state index is 12.6. The summed E-state index contributed by atoms with van der Waals surface area (Å²) in [5, 5.41) is 2.60. The number of hydrogen-bond donors (Lipinski definition) is 0. The molecule has 2 aromatic heterocycles. The van der Waals surface area contributed by atoms with Crippen LogP contribution in [0.1, 0.15) is 35.0 Å². The van der Waals surface area contributed by atoms with Crippen LogP contribution < -0.4 is 0 Å². The van der Waals surface area contributed by atoms with E-state index in [1.165, 1.54) is 19.3 Å². The van der Waals surface area contributed by atoms with E-state index in [1.807, 2.05) is 30.3 Å². The number of aryl methyl sites for hydroxylation is 1. The molecule has 0 bridgehead atoms. The van der Waals surface area contributed by atoms with E-state index < -0.39 is 15.1 Å². The minimum atomic E-state index is -3.79. The second-order valence-electron chi connectivity index (χ2n) is 5.44. The van der Waals surface area contributed by atoms with E-state index in [0.717, 1.165) is 11.1 Å². The first kappa shape index (κ1) is 16.3. The standard InChI is InChI=1S/C16H16N4O3S/c1-11-9-17-16(18-10-11)24(21,22)12(2)15-19-14(20-23-15)8-13-6-4-3-5-7-13/h3-7,9-10,12H,8H2,1-2H3/t12-/m1/s1. The summed E-state index contributed by atoms with van der Waals surface area (Å²) in [4.78, 5) is 12.0. The molecular weight excluding hydrogens is 328 g/mol. The lowest BCUT2D eigenvalue weighted by Gasteiger charge is -2.07. The zero-order chi connectivity index (χ0) is 17.2. The van der Waals surface area contributed by atoms with Crippen molar-refractivity contribution in [3.8, 4) is 0 Å². The van der Waals surface area contributed by atoms with Crippen molar-refractivity contribution in [1.82, 2.24) is 20.1 Å². The highest BCUT2D eigenvalue weighted by atomic mass is 32.2. The van der Waals surface area contributed by atoms with Crippen molar-refractivity contribution >= 4 is 9.84 Å². The molecule has 0 aliphatic carbocycles. The van der Waals surface area contributed by atoms with Gasteiger partial charge in [-0.2, -0.15) is 4.98 Å². The molecule has 1 aromatic carbocycles. The van der Waals surface area contributed by atoms with Crippen molar-refractivity contribution in [3.63, 3.8) is 0 Å². The van der Waals surface area contributed by atoms with Crippen LogP contribution in [-0.4, -0.2) is 28.5 Å². The molecule has 0 unspecified atom stereocenters. The maximum Gasteiger partial charge on any atom is 0.247 e. The quantitative estimate of drug-likeness (QED) is 0.655. The van der Waals surface area contributed by atoms with E-state index in [9.17, 15) is 8.42 Å². The van der Waals surface area contributed by atoms with Gasteiger partial charge < -0.3 is 4.52 Å². The summed E-state index contributed by atoms with van der Waals surface area (Å²) in [5.74, 6) is 0.466. The number of benzene rings is 1. The average molecular weight is 344 g/mol. The fourth-order valence-corrected chi connectivity index (χ4v) is 3.18. The van der Waals surface area contributed by atoms with Crippen LogP contribution in [0.4, 0.5) is 0 Å². The molecule has 0 aliphatic heterocycles. The predicted octanol–water partition coefficient (Wildman–Crippen LogP) is 2.29. The van der Waals surface area contributed by atoms with Crippen LogP contribution in [0.15, 0.2) is 52.4 Å². The molecule has 0 radical (unpaired) electrons. The Morgan fingerprint density at radius 2 is 1.79 bits per heavy atom. The number of hydrogen-bond acceptors (Lipinski definition) is 7. The number of sulfone groups is 1. The van der Waals surface area contributed by atoms with Gasteiger partial charge in [0.15, 0.2) is 5.82 Å².